The summed E-state index contributed by atoms with van der Waals surface area (Å²) < 4.78 is 5.54. The minimum absolute atomic E-state index is 0.115. The molecule has 0 radical (unpaired) electrons. The lowest BCUT2D eigenvalue weighted by atomic mass is 10.1. The van der Waals surface area contributed by atoms with Crippen LogP contribution in [0.15, 0.2) is 53.7 Å². The molecule has 0 spiro atoms. The smallest absolute Gasteiger partial charge is 0.228 e. The summed E-state index contributed by atoms with van der Waals surface area (Å²) in [4.78, 5) is 17.2. The molecule has 10 heteroatoms. The summed E-state index contributed by atoms with van der Waals surface area (Å²) in [6.07, 6.45) is -0.115. The molecular weight excluding hydrogens is 444 g/mol. The predicted octanol–water partition coefficient (Wildman–Crippen LogP) is 2.81. The summed E-state index contributed by atoms with van der Waals surface area (Å²) in [5.41, 5.74) is 9.60. The maximum atomic E-state index is 5.54. The van der Waals surface area contributed by atoms with Crippen LogP contribution in [0.1, 0.15) is 18.1 Å². The fourth-order valence-electron chi connectivity index (χ4n) is 4.40. The Balaban J connectivity index is 1.31. The van der Waals surface area contributed by atoms with E-state index in [0.29, 0.717) is 19.2 Å². The van der Waals surface area contributed by atoms with Gasteiger partial charge in [-0.2, -0.15) is 4.98 Å². The molecule has 3 aliphatic rings. The third kappa shape index (κ3) is 4.45. The first-order valence-electron chi connectivity index (χ1n) is 11.8. The van der Waals surface area contributed by atoms with Gasteiger partial charge in [0, 0.05) is 49.6 Å². The van der Waals surface area contributed by atoms with Crippen molar-refractivity contribution in [3.8, 4) is 11.3 Å². The van der Waals surface area contributed by atoms with Crippen molar-refractivity contribution in [1.29, 1.82) is 0 Å². The van der Waals surface area contributed by atoms with Crippen LogP contribution >= 0.6 is 0 Å². The third-order valence-corrected chi connectivity index (χ3v) is 6.33. The van der Waals surface area contributed by atoms with Gasteiger partial charge in [0.15, 0.2) is 12.1 Å². The molecule has 0 aliphatic carbocycles. The Morgan fingerprint density at radius 3 is 2.57 bits per heavy atom. The Hall–Kier alpha value is -3.89. The molecule has 1 fully saturated rings. The maximum absolute atomic E-state index is 5.54. The zero-order valence-electron chi connectivity index (χ0n) is 19.8. The normalized spacial score (nSPS) is 19.1. The number of morpholine rings is 1. The standard InChI is InChI=1S/C25H28N8O2/c1-16-27-24(31-35-16)17-5-7-20(8-6-17)28-23-14-21(29-25(30-23)33-9-11-34-12-10-33)18-3-4-19-15-26-32(2)22(19)13-18/h3-8,13-14,16,26H,9-12,15H2,1-2H3,(H,27,31)(H,28,29,30). The number of hydrogen-bond donors (Lipinski definition) is 3. The number of fused-ring (bicyclic) bond motifs is 1. The molecule has 0 bridgehead atoms. The van der Waals surface area contributed by atoms with E-state index in [1.165, 1.54) is 11.3 Å². The van der Waals surface area contributed by atoms with E-state index >= 15 is 0 Å². The number of rotatable bonds is 5. The highest BCUT2D eigenvalue weighted by Crippen LogP contribution is 2.31. The number of oxime groups is 1. The largest absolute Gasteiger partial charge is 0.378 e. The summed E-state index contributed by atoms with van der Waals surface area (Å²) in [5, 5.41) is 12.8. The van der Waals surface area contributed by atoms with Crippen molar-refractivity contribution in [2.45, 2.75) is 19.7 Å². The summed E-state index contributed by atoms with van der Waals surface area (Å²) in [6, 6.07) is 16.5. The van der Waals surface area contributed by atoms with Gasteiger partial charge in [0.2, 0.25) is 5.95 Å². The van der Waals surface area contributed by atoms with Crippen LogP contribution in [0.2, 0.25) is 0 Å². The second kappa shape index (κ2) is 9.05. The second-order valence-electron chi connectivity index (χ2n) is 8.81. The Morgan fingerprint density at radius 1 is 1.00 bits per heavy atom. The predicted molar refractivity (Wildman–Crippen MR) is 136 cm³/mol. The molecule has 1 atom stereocenters. The van der Waals surface area contributed by atoms with Crippen LogP contribution in [-0.4, -0.2) is 55.4 Å². The van der Waals surface area contributed by atoms with Crippen molar-refractivity contribution in [3.63, 3.8) is 0 Å². The Morgan fingerprint density at radius 2 is 1.80 bits per heavy atom. The van der Waals surface area contributed by atoms with Crippen LogP contribution < -0.4 is 26.0 Å². The number of hydrazine groups is 1. The maximum Gasteiger partial charge on any atom is 0.228 e. The molecule has 1 saturated heterocycles. The zero-order chi connectivity index (χ0) is 23.8. The van der Waals surface area contributed by atoms with E-state index in [4.69, 9.17) is 19.5 Å². The molecule has 6 rings (SSSR count). The molecule has 0 amide bonds. The average molecular weight is 473 g/mol. The van der Waals surface area contributed by atoms with Crippen LogP contribution in [0.4, 0.5) is 23.1 Å². The van der Waals surface area contributed by atoms with Gasteiger partial charge in [-0.15, -0.1) is 0 Å². The van der Waals surface area contributed by atoms with Gasteiger partial charge in [-0.05, 0) is 42.8 Å². The van der Waals surface area contributed by atoms with Gasteiger partial charge in [-0.25, -0.2) is 10.4 Å². The molecule has 2 aromatic carbocycles. The fraction of sp³-hybridized carbons (Fsp3) is 0.320. The van der Waals surface area contributed by atoms with Crippen molar-refractivity contribution < 1.29 is 9.57 Å². The van der Waals surface area contributed by atoms with Gasteiger partial charge in [0.1, 0.15) is 5.82 Å². The van der Waals surface area contributed by atoms with Crippen molar-refractivity contribution in [2.24, 2.45) is 5.16 Å². The van der Waals surface area contributed by atoms with E-state index in [1.807, 2.05) is 44.3 Å². The molecule has 35 heavy (non-hydrogen) atoms. The number of aromatic nitrogens is 2. The highest BCUT2D eigenvalue weighted by molar-refractivity contribution is 5.99. The van der Waals surface area contributed by atoms with Gasteiger partial charge >= 0.3 is 0 Å². The topological polar surface area (TPSA) is 99.2 Å². The summed E-state index contributed by atoms with van der Waals surface area (Å²) in [6.45, 7) is 5.64. The second-order valence-corrected chi connectivity index (χ2v) is 8.81. The molecule has 1 unspecified atom stereocenters. The van der Waals surface area contributed by atoms with Crippen molar-refractivity contribution in [2.75, 3.05) is 48.6 Å². The third-order valence-electron chi connectivity index (χ3n) is 6.33. The van der Waals surface area contributed by atoms with Gasteiger partial charge in [-0.1, -0.05) is 17.3 Å². The molecule has 10 nitrogen and oxygen atoms in total. The van der Waals surface area contributed by atoms with Gasteiger partial charge in [0.25, 0.3) is 0 Å². The molecule has 180 valence electrons. The number of ether oxygens (including phenoxy) is 1. The molecule has 0 saturated carbocycles. The number of nitrogens with one attached hydrogen (secondary N) is 3. The summed E-state index contributed by atoms with van der Waals surface area (Å²) in [7, 11) is 2.03. The summed E-state index contributed by atoms with van der Waals surface area (Å²) in [5.74, 6) is 2.18. The molecule has 3 N–H and O–H groups in total. The summed E-state index contributed by atoms with van der Waals surface area (Å²) >= 11 is 0. The van der Waals surface area contributed by atoms with E-state index in [9.17, 15) is 0 Å². The molecular formula is C25H28N8O2. The number of hydrogen-bond acceptors (Lipinski definition) is 10. The number of benzene rings is 2. The highest BCUT2D eigenvalue weighted by Gasteiger charge is 2.20. The molecule has 4 heterocycles. The molecule has 3 aliphatic heterocycles. The molecule has 1 aromatic heterocycles. The lowest BCUT2D eigenvalue weighted by Gasteiger charge is -2.27. The fourth-order valence-corrected chi connectivity index (χ4v) is 4.40. The van der Waals surface area contributed by atoms with Crippen molar-refractivity contribution >= 4 is 29.0 Å². The van der Waals surface area contributed by atoms with Crippen LogP contribution in [-0.2, 0) is 16.1 Å². The Bertz CT molecular complexity index is 1260. The first-order valence-corrected chi connectivity index (χ1v) is 11.8. The van der Waals surface area contributed by atoms with Crippen LogP contribution in [0.5, 0.6) is 0 Å². The van der Waals surface area contributed by atoms with Crippen molar-refractivity contribution in [3.05, 3.63) is 59.7 Å². The van der Waals surface area contributed by atoms with Crippen molar-refractivity contribution in [1.82, 2.24) is 20.7 Å². The van der Waals surface area contributed by atoms with E-state index in [2.05, 4.69) is 49.3 Å². The Labute approximate surface area is 203 Å². The first-order chi connectivity index (χ1) is 17.1. The zero-order valence-corrected chi connectivity index (χ0v) is 19.8. The number of nitrogens with zero attached hydrogens (tertiary/aromatic N) is 5. The van der Waals surface area contributed by atoms with E-state index in [-0.39, 0.29) is 6.23 Å². The van der Waals surface area contributed by atoms with Gasteiger partial charge in [-0.3, -0.25) is 0 Å². The van der Waals surface area contributed by atoms with E-state index in [0.717, 1.165) is 53.8 Å². The van der Waals surface area contributed by atoms with Crippen LogP contribution in [0, 0.1) is 0 Å². The number of anilines is 4. The number of amidine groups is 1. The van der Waals surface area contributed by atoms with E-state index in [1.54, 1.807) is 0 Å². The van der Waals surface area contributed by atoms with Gasteiger partial charge < -0.3 is 30.1 Å². The SMILES string of the molecule is CC1NC(c2ccc(Nc3cc(-c4ccc5c(c4)N(C)NC5)nc(N4CCOCC4)n3)cc2)=NO1. The van der Waals surface area contributed by atoms with Crippen LogP contribution in [0.25, 0.3) is 11.3 Å². The lowest BCUT2D eigenvalue weighted by molar-refractivity contribution is 0.0874. The van der Waals surface area contributed by atoms with Crippen LogP contribution in [0.3, 0.4) is 0 Å². The Kier molecular flexibility index (Phi) is 5.59. The van der Waals surface area contributed by atoms with E-state index < -0.39 is 0 Å². The highest BCUT2D eigenvalue weighted by atomic mass is 16.7. The minimum Gasteiger partial charge on any atom is -0.378 e. The monoisotopic (exact) mass is 472 g/mol. The minimum atomic E-state index is -0.115. The van der Waals surface area contributed by atoms with Gasteiger partial charge in [0.05, 0.1) is 24.6 Å². The average Bonchev–Trinajstić information content (AvgIpc) is 3.50. The first kappa shape index (κ1) is 21.6. The lowest BCUT2D eigenvalue weighted by Crippen LogP contribution is -2.37. The quantitative estimate of drug-likeness (QED) is 0.518. The molecule has 3 aromatic rings.